The lowest BCUT2D eigenvalue weighted by Gasteiger charge is -2.02. The van der Waals surface area contributed by atoms with Crippen molar-refractivity contribution in [3.05, 3.63) is 53.0 Å². The lowest BCUT2D eigenvalue weighted by Crippen LogP contribution is -2.04. The molecule has 98 valence electrons. The molecule has 0 fully saturated rings. The van der Waals surface area contributed by atoms with E-state index in [-0.39, 0.29) is 0 Å². The lowest BCUT2D eigenvalue weighted by molar-refractivity contribution is 0.377. The second-order valence-electron chi connectivity index (χ2n) is 4.45. The van der Waals surface area contributed by atoms with Gasteiger partial charge in [0.15, 0.2) is 5.76 Å². The molecule has 0 aliphatic rings. The summed E-state index contributed by atoms with van der Waals surface area (Å²) in [5, 5.41) is 8.86. The minimum absolute atomic E-state index is 0.653. The van der Waals surface area contributed by atoms with Crippen molar-refractivity contribution in [3.63, 3.8) is 0 Å². The zero-order valence-corrected chi connectivity index (χ0v) is 11.3. The predicted octanol–water partition coefficient (Wildman–Crippen LogP) is 3.05. The van der Waals surface area contributed by atoms with Gasteiger partial charge in [0.1, 0.15) is 0 Å². The van der Waals surface area contributed by atoms with Gasteiger partial charge in [-0.2, -0.15) is 0 Å². The summed E-state index contributed by atoms with van der Waals surface area (Å²) in [6, 6.07) is 7.82. The molecule has 0 bridgehead atoms. The highest BCUT2D eigenvalue weighted by Crippen LogP contribution is 2.25. The summed E-state index contributed by atoms with van der Waals surface area (Å²) in [7, 11) is 1.94. The van der Waals surface area contributed by atoms with E-state index < -0.39 is 0 Å². The van der Waals surface area contributed by atoms with Crippen molar-refractivity contribution in [3.8, 4) is 0 Å². The van der Waals surface area contributed by atoms with Crippen LogP contribution in [0.25, 0.3) is 10.9 Å². The summed E-state index contributed by atoms with van der Waals surface area (Å²) in [5.74, 6) is 0.827. The Morgan fingerprint density at radius 2 is 2.26 bits per heavy atom. The molecule has 0 aliphatic heterocycles. The molecule has 0 unspecified atom stereocenters. The van der Waals surface area contributed by atoms with Crippen LogP contribution in [0.15, 0.2) is 41.2 Å². The summed E-state index contributed by atoms with van der Waals surface area (Å²) in [6.07, 6.45) is 3.78. The Morgan fingerprint density at radius 3 is 3.00 bits per heavy atom. The minimum atomic E-state index is 0.653. The number of benzene rings is 1. The minimum Gasteiger partial charge on any atom is -0.359 e. The third-order valence-electron chi connectivity index (χ3n) is 3.11. The van der Waals surface area contributed by atoms with E-state index in [0.29, 0.717) is 6.54 Å². The number of fused-ring (bicyclic) bond motifs is 1. The number of nitrogens with one attached hydrogen (secondary N) is 1. The summed E-state index contributed by atoms with van der Waals surface area (Å²) in [5.41, 5.74) is 2.35. The molecule has 1 N–H and O–H groups in total. The Kier molecular flexibility index (Phi) is 3.27. The smallest absolute Gasteiger partial charge is 0.156 e. The maximum Gasteiger partial charge on any atom is 0.156 e. The normalized spacial score (nSPS) is 11.3. The number of hydrogen-bond acceptors (Lipinski definition) is 3. The second-order valence-corrected chi connectivity index (χ2v) is 4.89. The summed E-state index contributed by atoms with van der Waals surface area (Å²) in [6.45, 7) is 1.47. The van der Waals surface area contributed by atoms with Gasteiger partial charge >= 0.3 is 0 Å². The van der Waals surface area contributed by atoms with E-state index in [2.05, 4.69) is 27.3 Å². The first kappa shape index (κ1) is 12.3. The fourth-order valence-electron chi connectivity index (χ4n) is 2.29. The van der Waals surface area contributed by atoms with Crippen molar-refractivity contribution in [1.82, 2.24) is 15.0 Å². The maximum absolute atomic E-state index is 6.09. The molecule has 2 aromatic heterocycles. The Labute approximate surface area is 116 Å². The molecule has 0 aliphatic carbocycles. The molecule has 5 heteroatoms. The summed E-state index contributed by atoms with van der Waals surface area (Å²) in [4.78, 5) is 0. The topological polar surface area (TPSA) is 43.0 Å². The van der Waals surface area contributed by atoms with Gasteiger partial charge in [-0.25, -0.2) is 0 Å². The van der Waals surface area contributed by atoms with E-state index in [1.165, 1.54) is 10.9 Å². The first-order valence-corrected chi connectivity index (χ1v) is 6.47. The van der Waals surface area contributed by atoms with Crippen LogP contribution < -0.4 is 5.32 Å². The van der Waals surface area contributed by atoms with Crippen molar-refractivity contribution >= 4 is 22.5 Å². The van der Waals surface area contributed by atoms with Gasteiger partial charge in [0.25, 0.3) is 0 Å². The first-order valence-electron chi connectivity index (χ1n) is 6.09. The largest absolute Gasteiger partial charge is 0.359 e. The van der Waals surface area contributed by atoms with Crippen molar-refractivity contribution < 1.29 is 4.52 Å². The molecule has 0 saturated heterocycles. The van der Waals surface area contributed by atoms with Crippen LogP contribution in [0, 0.1) is 0 Å². The molecule has 19 heavy (non-hydrogen) atoms. The predicted molar refractivity (Wildman–Crippen MR) is 75.3 cm³/mol. The van der Waals surface area contributed by atoms with Crippen molar-refractivity contribution in [2.24, 2.45) is 0 Å². The van der Waals surface area contributed by atoms with Gasteiger partial charge in [0, 0.05) is 29.2 Å². The summed E-state index contributed by atoms with van der Waals surface area (Å²) >= 11 is 6.09. The van der Waals surface area contributed by atoms with Gasteiger partial charge in [-0.3, -0.25) is 0 Å². The third-order valence-corrected chi connectivity index (χ3v) is 3.35. The average Bonchev–Trinajstić information content (AvgIpc) is 3.00. The highest BCUT2D eigenvalue weighted by molar-refractivity contribution is 6.31. The van der Waals surface area contributed by atoms with E-state index >= 15 is 0 Å². The van der Waals surface area contributed by atoms with Gasteiger partial charge in [0.05, 0.1) is 18.3 Å². The molecule has 0 amide bonds. The van der Waals surface area contributed by atoms with Gasteiger partial charge in [-0.15, -0.1) is 0 Å². The van der Waals surface area contributed by atoms with E-state index in [1.54, 1.807) is 6.20 Å². The molecular formula is C14H14ClN3O. The van der Waals surface area contributed by atoms with E-state index in [0.717, 1.165) is 22.8 Å². The van der Waals surface area contributed by atoms with Crippen LogP contribution in [-0.4, -0.2) is 16.8 Å². The van der Waals surface area contributed by atoms with E-state index in [1.807, 2.05) is 25.2 Å². The van der Waals surface area contributed by atoms with E-state index in [4.69, 9.17) is 16.1 Å². The molecule has 0 radical (unpaired) electrons. The van der Waals surface area contributed by atoms with Gasteiger partial charge in [0.2, 0.25) is 0 Å². The Morgan fingerprint density at radius 1 is 1.37 bits per heavy atom. The number of halogens is 1. The molecule has 4 nitrogen and oxygen atoms in total. The Bertz CT molecular complexity index is 688. The molecule has 0 atom stereocenters. The monoisotopic (exact) mass is 275 g/mol. The second kappa shape index (κ2) is 5.07. The van der Waals surface area contributed by atoms with Crippen LogP contribution >= 0.6 is 11.6 Å². The zero-order valence-electron chi connectivity index (χ0n) is 10.6. The zero-order chi connectivity index (χ0) is 13.2. The maximum atomic E-state index is 6.09. The number of hydrogen-bond donors (Lipinski definition) is 1. The molecular weight excluding hydrogens is 262 g/mol. The van der Waals surface area contributed by atoms with Crippen LogP contribution in [0.3, 0.4) is 0 Å². The Balaban J connectivity index is 2.09. The number of nitrogens with zero attached hydrogens (tertiary/aromatic N) is 2. The van der Waals surface area contributed by atoms with E-state index in [9.17, 15) is 0 Å². The fraction of sp³-hybridized carbons (Fsp3) is 0.214. The lowest BCUT2D eigenvalue weighted by atomic mass is 10.2. The van der Waals surface area contributed by atoms with Crippen LogP contribution in [0.4, 0.5) is 0 Å². The molecule has 1 aromatic carbocycles. The highest BCUT2D eigenvalue weighted by Gasteiger charge is 2.10. The van der Waals surface area contributed by atoms with Crippen molar-refractivity contribution in [1.29, 1.82) is 0 Å². The van der Waals surface area contributed by atoms with Crippen LogP contribution in [0.1, 0.15) is 11.3 Å². The summed E-state index contributed by atoms with van der Waals surface area (Å²) < 4.78 is 7.30. The van der Waals surface area contributed by atoms with Crippen LogP contribution in [-0.2, 0) is 13.1 Å². The highest BCUT2D eigenvalue weighted by atomic mass is 35.5. The standard InChI is InChI=1S/C14H14ClN3O/c1-16-7-10-8-18(9-12-4-5-17-19-12)14-6-11(15)2-3-13(10)14/h2-6,8,16H,7,9H2,1H3. The average molecular weight is 276 g/mol. The fourth-order valence-corrected chi connectivity index (χ4v) is 2.46. The SMILES string of the molecule is CNCc1cn(Cc2ccno2)c2cc(Cl)ccc12. The van der Waals surface area contributed by atoms with Crippen molar-refractivity contribution in [2.75, 3.05) is 7.05 Å². The molecule has 2 heterocycles. The molecule has 3 rings (SSSR count). The van der Waals surface area contributed by atoms with Crippen molar-refractivity contribution in [2.45, 2.75) is 13.1 Å². The van der Waals surface area contributed by atoms with Gasteiger partial charge in [-0.1, -0.05) is 22.8 Å². The Hall–Kier alpha value is -1.78. The quantitative estimate of drug-likeness (QED) is 0.796. The van der Waals surface area contributed by atoms with Gasteiger partial charge < -0.3 is 14.4 Å². The molecule has 0 saturated carbocycles. The molecule has 3 aromatic rings. The number of aromatic nitrogens is 2. The third kappa shape index (κ3) is 2.37. The first-order chi connectivity index (χ1) is 9.28. The van der Waals surface area contributed by atoms with Gasteiger partial charge in [-0.05, 0) is 24.7 Å². The molecule has 0 spiro atoms. The van der Waals surface area contributed by atoms with Crippen LogP contribution in [0.5, 0.6) is 0 Å². The van der Waals surface area contributed by atoms with Crippen LogP contribution in [0.2, 0.25) is 5.02 Å². The number of rotatable bonds is 4.